The average molecular weight is 537 g/mol. The van der Waals surface area contributed by atoms with E-state index in [1.165, 1.54) is 0 Å². The zero-order chi connectivity index (χ0) is 27.5. The van der Waals surface area contributed by atoms with Gasteiger partial charge in [-0.25, -0.2) is 4.98 Å². The number of hydrogen-bond donors (Lipinski definition) is 1. The van der Waals surface area contributed by atoms with Crippen molar-refractivity contribution >= 4 is 33.5 Å². The predicted octanol–water partition coefficient (Wildman–Crippen LogP) is 5.87. The van der Waals surface area contributed by atoms with Crippen molar-refractivity contribution < 1.29 is 19.0 Å². The monoisotopic (exact) mass is 536 g/mol. The highest BCUT2D eigenvalue weighted by Crippen LogP contribution is 2.35. The lowest BCUT2D eigenvalue weighted by molar-refractivity contribution is -0.142. The van der Waals surface area contributed by atoms with E-state index in [9.17, 15) is 4.79 Å². The third kappa shape index (κ3) is 5.10. The summed E-state index contributed by atoms with van der Waals surface area (Å²) in [6.07, 6.45) is 3.73. The Morgan fingerprint density at radius 2 is 1.88 bits per heavy atom. The molecule has 204 valence electrons. The van der Waals surface area contributed by atoms with Gasteiger partial charge in [-0.05, 0) is 60.5 Å². The zero-order valence-corrected chi connectivity index (χ0v) is 22.5. The summed E-state index contributed by atoms with van der Waals surface area (Å²) in [6.45, 7) is 3.87. The number of aromatic nitrogens is 3. The normalized spacial score (nSPS) is 14.0. The highest BCUT2D eigenvalue weighted by molar-refractivity contribution is 6.02. The summed E-state index contributed by atoms with van der Waals surface area (Å²) in [5.74, 6) is 0.893. The molecule has 1 aliphatic rings. The summed E-state index contributed by atoms with van der Waals surface area (Å²) in [4.78, 5) is 16.4. The summed E-state index contributed by atoms with van der Waals surface area (Å²) < 4.78 is 19.2. The maximum absolute atomic E-state index is 12.2. The number of nitrogens with two attached hydrogens (primary N) is 1. The SMILES string of the molecule is CCOC(=O)Cc1ccccc1OCc1nn(C2CCOCC2)c2ccc(-c3cccc4c(N)nccc34)cc12. The molecule has 1 saturated heterocycles. The fourth-order valence-electron chi connectivity index (χ4n) is 5.47. The van der Waals surface area contributed by atoms with Crippen LogP contribution in [0, 0.1) is 0 Å². The topological polar surface area (TPSA) is 101 Å². The molecule has 3 heterocycles. The highest BCUT2D eigenvalue weighted by atomic mass is 16.5. The Bertz CT molecular complexity index is 1670. The van der Waals surface area contributed by atoms with Crippen LogP contribution < -0.4 is 10.5 Å². The van der Waals surface area contributed by atoms with Crippen molar-refractivity contribution in [3.63, 3.8) is 0 Å². The number of ether oxygens (including phenoxy) is 3. The van der Waals surface area contributed by atoms with Crippen LogP contribution in [-0.4, -0.2) is 40.6 Å². The van der Waals surface area contributed by atoms with E-state index in [1.807, 2.05) is 42.5 Å². The molecule has 0 saturated carbocycles. The molecule has 0 aliphatic carbocycles. The Morgan fingerprint density at radius 3 is 2.73 bits per heavy atom. The number of benzene rings is 3. The molecular formula is C32H32N4O4. The molecular weight excluding hydrogens is 504 g/mol. The lowest BCUT2D eigenvalue weighted by atomic mass is 9.97. The number of carbonyl (C=O) groups excluding carboxylic acids is 1. The Kier molecular flexibility index (Phi) is 7.33. The maximum Gasteiger partial charge on any atom is 0.310 e. The van der Waals surface area contributed by atoms with Crippen LogP contribution in [0.1, 0.15) is 37.1 Å². The van der Waals surface area contributed by atoms with Crippen LogP contribution in [0.2, 0.25) is 0 Å². The van der Waals surface area contributed by atoms with E-state index in [1.54, 1.807) is 13.1 Å². The summed E-state index contributed by atoms with van der Waals surface area (Å²) in [7, 11) is 0. The van der Waals surface area contributed by atoms with E-state index in [0.717, 1.165) is 70.1 Å². The second-order valence-corrected chi connectivity index (χ2v) is 9.94. The number of hydrogen-bond acceptors (Lipinski definition) is 7. The highest BCUT2D eigenvalue weighted by Gasteiger charge is 2.22. The van der Waals surface area contributed by atoms with E-state index in [4.69, 9.17) is 25.0 Å². The molecule has 2 aromatic heterocycles. The molecule has 8 heteroatoms. The van der Waals surface area contributed by atoms with Crippen LogP contribution >= 0.6 is 0 Å². The lowest BCUT2D eigenvalue weighted by Gasteiger charge is -2.23. The van der Waals surface area contributed by atoms with Gasteiger partial charge in [-0.2, -0.15) is 5.10 Å². The largest absolute Gasteiger partial charge is 0.487 e. The van der Waals surface area contributed by atoms with Crippen molar-refractivity contribution in [1.82, 2.24) is 14.8 Å². The first-order chi connectivity index (χ1) is 19.6. The van der Waals surface area contributed by atoms with Gasteiger partial charge in [0.25, 0.3) is 0 Å². The molecule has 0 amide bonds. The number of nitrogen functional groups attached to an aromatic ring is 1. The second-order valence-electron chi connectivity index (χ2n) is 9.94. The summed E-state index contributed by atoms with van der Waals surface area (Å²) in [6, 6.07) is 22.4. The van der Waals surface area contributed by atoms with Crippen LogP contribution in [0.5, 0.6) is 5.75 Å². The van der Waals surface area contributed by atoms with Crippen LogP contribution in [0.25, 0.3) is 32.8 Å². The van der Waals surface area contributed by atoms with Gasteiger partial charge in [-0.3, -0.25) is 9.48 Å². The minimum atomic E-state index is -0.275. The first-order valence-corrected chi connectivity index (χ1v) is 13.7. The minimum absolute atomic E-state index is 0.157. The fourth-order valence-corrected chi connectivity index (χ4v) is 5.47. The van der Waals surface area contributed by atoms with E-state index < -0.39 is 0 Å². The average Bonchev–Trinajstić information content (AvgIpc) is 3.35. The Hall–Kier alpha value is -4.43. The van der Waals surface area contributed by atoms with Gasteiger partial charge in [0.05, 0.1) is 24.6 Å². The van der Waals surface area contributed by atoms with Gasteiger partial charge in [-0.15, -0.1) is 0 Å². The Morgan fingerprint density at radius 1 is 1.02 bits per heavy atom. The van der Waals surface area contributed by atoms with Crippen molar-refractivity contribution in [2.45, 2.75) is 38.8 Å². The molecule has 2 N–H and O–H groups in total. The smallest absolute Gasteiger partial charge is 0.310 e. The van der Waals surface area contributed by atoms with Crippen molar-refractivity contribution in [2.75, 3.05) is 25.6 Å². The second kappa shape index (κ2) is 11.4. The number of para-hydroxylation sites is 1. The molecule has 40 heavy (non-hydrogen) atoms. The van der Waals surface area contributed by atoms with Crippen LogP contribution in [0.3, 0.4) is 0 Å². The van der Waals surface area contributed by atoms with E-state index in [0.29, 0.717) is 18.2 Å². The Labute approximate surface area is 232 Å². The van der Waals surface area contributed by atoms with E-state index in [-0.39, 0.29) is 25.0 Å². The molecule has 6 rings (SSSR count). The standard InChI is InChI=1S/C32H32N4O4/c1-2-39-31(37)19-22-6-3-4-9-30(22)40-20-28-27-18-21(24-7-5-8-26-25(24)12-15-34-32(26)33)10-11-29(27)36(35-28)23-13-16-38-17-14-23/h3-12,15,18,23H,2,13-14,16-17,19-20H2,1H3,(H2,33,34). The molecule has 0 radical (unpaired) electrons. The van der Waals surface area contributed by atoms with Crippen molar-refractivity contribution in [3.8, 4) is 16.9 Å². The Balaban J connectivity index is 1.39. The number of carbonyl (C=O) groups is 1. The molecule has 1 fully saturated rings. The van der Waals surface area contributed by atoms with Gasteiger partial charge in [0, 0.05) is 35.7 Å². The minimum Gasteiger partial charge on any atom is -0.487 e. The van der Waals surface area contributed by atoms with Gasteiger partial charge in [0.15, 0.2) is 0 Å². The number of anilines is 1. The van der Waals surface area contributed by atoms with E-state index in [2.05, 4.69) is 33.9 Å². The lowest BCUT2D eigenvalue weighted by Crippen LogP contribution is -2.20. The summed E-state index contributed by atoms with van der Waals surface area (Å²) in [5.41, 5.74) is 11.0. The fraction of sp³-hybridized carbons (Fsp3) is 0.281. The van der Waals surface area contributed by atoms with Crippen molar-refractivity contribution in [1.29, 1.82) is 0 Å². The third-order valence-electron chi connectivity index (χ3n) is 7.44. The van der Waals surface area contributed by atoms with Gasteiger partial charge < -0.3 is 19.9 Å². The predicted molar refractivity (Wildman–Crippen MR) is 155 cm³/mol. The summed E-state index contributed by atoms with van der Waals surface area (Å²) in [5, 5.41) is 8.09. The zero-order valence-electron chi connectivity index (χ0n) is 22.5. The number of nitrogens with zero attached hydrogens (tertiary/aromatic N) is 3. The third-order valence-corrected chi connectivity index (χ3v) is 7.44. The van der Waals surface area contributed by atoms with Crippen LogP contribution in [0.4, 0.5) is 5.82 Å². The van der Waals surface area contributed by atoms with Crippen molar-refractivity contribution in [2.24, 2.45) is 0 Å². The van der Waals surface area contributed by atoms with Gasteiger partial charge in [-0.1, -0.05) is 42.5 Å². The number of rotatable bonds is 8. The maximum atomic E-state index is 12.2. The molecule has 1 aliphatic heterocycles. The van der Waals surface area contributed by atoms with Gasteiger partial charge in [0.2, 0.25) is 0 Å². The van der Waals surface area contributed by atoms with Crippen LogP contribution in [0.15, 0.2) is 72.9 Å². The molecule has 0 atom stereocenters. The number of pyridine rings is 1. The molecule has 3 aromatic carbocycles. The first-order valence-electron chi connectivity index (χ1n) is 13.7. The number of esters is 1. The first kappa shape index (κ1) is 25.8. The molecule has 0 unspecified atom stereocenters. The molecule has 5 aromatic rings. The van der Waals surface area contributed by atoms with Crippen LogP contribution in [-0.2, 0) is 27.3 Å². The molecule has 0 bridgehead atoms. The van der Waals surface area contributed by atoms with E-state index >= 15 is 0 Å². The van der Waals surface area contributed by atoms with Crippen molar-refractivity contribution in [3.05, 3.63) is 84.2 Å². The summed E-state index contributed by atoms with van der Waals surface area (Å²) >= 11 is 0. The molecule has 0 spiro atoms. The molecule has 8 nitrogen and oxygen atoms in total. The van der Waals surface area contributed by atoms with Gasteiger partial charge in [0.1, 0.15) is 23.9 Å². The number of fused-ring (bicyclic) bond motifs is 2. The van der Waals surface area contributed by atoms with Gasteiger partial charge >= 0.3 is 5.97 Å². The quantitative estimate of drug-likeness (QED) is 0.248.